The lowest BCUT2D eigenvalue weighted by Crippen LogP contribution is -2.40. The van der Waals surface area contributed by atoms with Crippen LogP contribution in [0, 0.1) is 11.6 Å². The van der Waals surface area contributed by atoms with Crippen LogP contribution < -0.4 is 0 Å². The van der Waals surface area contributed by atoms with Crippen LogP contribution in [0.25, 0.3) is 6.08 Å². The Balaban J connectivity index is 1.95. The van der Waals surface area contributed by atoms with E-state index >= 15 is 0 Å². The number of carbonyl (C=O) groups is 1. The van der Waals surface area contributed by atoms with Gasteiger partial charge in [-0.15, -0.1) is 0 Å². The zero-order valence-corrected chi connectivity index (χ0v) is 13.2. The summed E-state index contributed by atoms with van der Waals surface area (Å²) in [5.74, 6) is -1.69. The number of hydrogen-bond acceptors (Lipinski definition) is 2. The molecule has 22 heavy (non-hydrogen) atoms. The van der Waals surface area contributed by atoms with E-state index in [9.17, 15) is 13.6 Å². The van der Waals surface area contributed by atoms with Gasteiger partial charge in [-0.2, -0.15) is 0 Å². The van der Waals surface area contributed by atoms with Crippen LogP contribution in [0.4, 0.5) is 13.6 Å². The smallest absolute Gasteiger partial charge is 0.410 e. The molecule has 0 atom stereocenters. The largest absolute Gasteiger partial charge is 0.444 e. The van der Waals surface area contributed by atoms with E-state index in [-0.39, 0.29) is 6.09 Å². The molecule has 0 N–H and O–H groups in total. The number of amides is 1. The minimum absolute atomic E-state index is 0.306. The Bertz CT molecular complexity index is 581. The van der Waals surface area contributed by atoms with Crippen molar-refractivity contribution in [2.24, 2.45) is 0 Å². The summed E-state index contributed by atoms with van der Waals surface area (Å²) in [6.07, 6.45) is 2.96. The molecular weight excluding hydrogens is 288 g/mol. The highest BCUT2D eigenvalue weighted by molar-refractivity contribution is 5.68. The quantitative estimate of drug-likeness (QED) is 0.770. The topological polar surface area (TPSA) is 29.5 Å². The maximum atomic E-state index is 13.2. The molecular formula is C17H21F2NO2. The highest BCUT2D eigenvalue weighted by atomic mass is 19.2. The van der Waals surface area contributed by atoms with Crippen LogP contribution in [0.1, 0.15) is 39.2 Å². The maximum Gasteiger partial charge on any atom is 0.410 e. The average Bonchev–Trinajstić information content (AvgIpc) is 2.42. The van der Waals surface area contributed by atoms with Crippen LogP contribution in [0.3, 0.4) is 0 Å². The Morgan fingerprint density at radius 2 is 1.82 bits per heavy atom. The summed E-state index contributed by atoms with van der Waals surface area (Å²) in [5.41, 5.74) is 1.25. The fourth-order valence-electron chi connectivity index (χ4n) is 2.29. The number of ether oxygens (including phenoxy) is 1. The molecule has 0 bridgehead atoms. The van der Waals surface area contributed by atoms with Crippen molar-refractivity contribution >= 4 is 12.2 Å². The first-order chi connectivity index (χ1) is 10.2. The molecule has 3 nitrogen and oxygen atoms in total. The normalized spacial score (nSPS) is 15.7. The molecule has 1 amide bonds. The third-order valence-electron chi connectivity index (χ3n) is 3.37. The van der Waals surface area contributed by atoms with E-state index in [1.807, 2.05) is 26.8 Å². The zero-order valence-electron chi connectivity index (χ0n) is 13.2. The standard InChI is InChI=1S/C17H21F2NO2/c1-17(2,3)22-16(21)20-8-6-12(7-9-20)10-13-4-5-14(18)15(19)11-13/h4-5,10-11H,6-9H2,1-3H3. The molecule has 0 unspecified atom stereocenters. The molecule has 0 aromatic heterocycles. The molecule has 0 spiro atoms. The van der Waals surface area contributed by atoms with Crippen LogP contribution in [0.15, 0.2) is 23.8 Å². The monoisotopic (exact) mass is 309 g/mol. The van der Waals surface area contributed by atoms with Crippen molar-refractivity contribution in [3.63, 3.8) is 0 Å². The molecule has 0 radical (unpaired) electrons. The lowest BCUT2D eigenvalue weighted by atomic mass is 10.0. The van der Waals surface area contributed by atoms with Crippen molar-refractivity contribution in [2.75, 3.05) is 13.1 Å². The minimum Gasteiger partial charge on any atom is -0.444 e. The summed E-state index contributed by atoms with van der Waals surface area (Å²) in [6.45, 7) is 6.66. The average molecular weight is 309 g/mol. The number of halogens is 2. The van der Waals surface area contributed by atoms with E-state index in [4.69, 9.17) is 4.74 Å². The number of carbonyl (C=O) groups excluding carboxylic acids is 1. The first-order valence-electron chi connectivity index (χ1n) is 7.37. The van der Waals surface area contributed by atoms with E-state index in [0.29, 0.717) is 31.5 Å². The summed E-state index contributed by atoms with van der Waals surface area (Å²) in [5, 5.41) is 0. The van der Waals surface area contributed by atoms with Crippen molar-refractivity contribution in [3.05, 3.63) is 41.0 Å². The molecule has 1 aromatic rings. The number of piperidine rings is 1. The third-order valence-corrected chi connectivity index (χ3v) is 3.37. The van der Waals surface area contributed by atoms with Crippen LogP contribution >= 0.6 is 0 Å². The second-order valence-corrected chi connectivity index (χ2v) is 6.44. The second kappa shape index (κ2) is 6.46. The number of rotatable bonds is 1. The predicted octanol–water partition coefficient (Wildman–Crippen LogP) is 4.38. The van der Waals surface area contributed by atoms with Gasteiger partial charge >= 0.3 is 6.09 Å². The zero-order chi connectivity index (χ0) is 16.3. The second-order valence-electron chi connectivity index (χ2n) is 6.44. The first-order valence-corrected chi connectivity index (χ1v) is 7.37. The van der Waals surface area contributed by atoms with Gasteiger partial charge in [0.2, 0.25) is 0 Å². The van der Waals surface area contributed by atoms with Crippen molar-refractivity contribution in [1.82, 2.24) is 4.90 Å². The summed E-state index contributed by atoms with van der Waals surface area (Å²) >= 11 is 0. The highest BCUT2D eigenvalue weighted by Crippen LogP contribution is 2.22. The van der Waals surface area contributed by atoms with Gasteiger partial charge in [0.1, 0.15) is 5.60 Å². The van der Waals surface area contributed by atoms with Gasteiger partial charge in [-0.1, -0.05) is 17.7 Å². The van der Waals surface area contributed by atoms with E-state index in [2.05, 4.69) is 0 Å². The van der Waals surface area contributed by atoms with Crippen LogP contribution in [0.5, 0.6) is 0 Å². The van der Waals surface area contributed by atoms with E-state index in [0.717, 1.165) is 11.6 Å². The maximum absolute atomic E-state index is 13.2. The molecule has 1 aliphatic heterocycles. The van der Waals surface area contributed by atoms with E-state index in [1.54, 1.807) is 11.0 Å². The minimum atomic E-state index is -0.847. The molecule has 0 aliphatic carbocycles. The Labute approximate surface area is 129 Å². The van der Waals surface area contributed by atoms with Gasteiger partial charge in [-0.25, -0.2) is 13.6 Å². The summed E-state index contributed by atoms with van der Waals surface area (Å²) in [6, 6.07) is 3.85. The lowest BCUT2D eigenvalue weighted by Gasteiger charge is -2.31. The molecule has 1 fully saturated rings. The van der Waals surface area contributed by atoms with Gasteiger partial charge in [0.15, 0.2) is 11.6 Å². The summed E-state index contributed by atoms with van der Waals surface area (Å²) < 4.78 is 31.4. The Morgan fingerprint density at radius 1 is 1.18 bits per heavy atom. The van der Waals surface area contributed by atoms with Gasteiger partial charge in [0.25, 0.3) is 0 Å². The SMILES string of the molecule is CC(C)(C)OC(=O)N1CCC(=Cc2ccc(F)c(F)c2)CC1. The van der Waals surface area contributed by atoms with Crippen LogP contribution in [-0.2, 0) is 4.74 Å². The van der Waals surface area contributed by atoms with Crippen LogP contribution in [-0.4, -0.2) is 29.7 Å². The van der Waals surface area contributed by atoms with Crippen molar-refractivity contribution in [1.29, 1.82) is 0 Å². The Hall–Kier alpha value is -1.91. The van der Waals surface area contributed by atoms with Crippen molar-refractivity contribution < 1.29 is 18.3 Å². The van der Waals surface area contributed by atoms with Gasteiger partial charge in [0.05, 0.1) is 0 Å². The van der Waals surface area contributed by atoms with Gasteiger partial charge in [0, 0.05) is 13.1 Å². The summed E-state index contributed by atoms with van der Waals surface area (Å²) in [7, 11) is 0. The van der Waals surface area contributed by atoms with Crippen molar-refractivity contribution in [2.45, 2.75) is 39.2 Å². The molecule has 120 valence electrons. The van der Waals surface area contributed by atoms with Crippen LogP contribution in [0.2, 0.25) is 0 Å². The number of nitrogens with zero attached hydrogens (tertiary/aromatic N) is 1. The Morgan fingerprint density at radius 3 is 2.36 bits per heavy atom. The van der Waals surface area contributed by atoms with E-state index < -0.39 is 17.2 Å². The number of hydrogen-bond donors (Lipinski definition) is 0. The van der Waals surface area contributed by atoms with Gasteiger partial charge in [-0.05, 0) is 51.3 Å². The first kappa shape index (κ1) is 16.5. The lowest BCUT2D eigenvalue weighted by molar-refractivity contribution is 0.0237. The molecule has 1 aromatic carbocycles. The number of benzene rings is 1. The van der Waals surface area contributed by atoms with E-state index in [1.165, 1.54) is 6.07 Å². The third kappa shape index (κ3) is 4.55. The Kier molecular flexibility index (Phi) is 4.84. The molecule has 0 saturated carbocycles. The molecule has 1 saturated heterocycles. The molecule has 5 heteroatoms. The molecule has 1 aliphatic rings. The fraction of sp³-hybridized carbons (Fsp3) is 0.471. The van der Waals surface area contributed by atoms with Crippen molar-refractivity contribution in [3.8, 4) is 0 Å². The van der Waals surface area contributed by atoms with Gasteiger partial charge < -0.3 is 9.64 Å². The highest BCUT2D eigenvalue weighted by Gasteiger charge is 2.24. The molecule has 1 heterocycles. The van der Waals surface area contributed by atoms with Gasteiger partial charge in [-0.3, -0.25) is 0 Å². The predicted molar refractivity (Wildman–Crippen MR) is 81.4 cm³/mol. The summed E-state index contributed by atoms with van der Waals surface area (Å²) in [4.78, 5) is 13.6. The number of likely N-dealkylation sites (tertiary alicyclic amines) is 1. The molecule has 2 rings (SSSR count). The fourth-order valence-corrected chi connectivity index (χ4v) is 2.29.